The molecule has 0 saturated heterocycles. The monoisotopic (exact) mass is 274 g/mol. The summed E-state index contributed by atoms with van der Waals surface area (Å²) in [5.74, 6) is 0.796. The molecule has 2 aliphatic rings. The lowest BCUT2D eigenvalue weighted by molar-refractivity contribution is -0.0849. The Labute approximate surface area is 121 Å². The maximum absolute atomic E-state index is 6.45. The second kappa shape index (κ2) is 4.81. The predicted octanol–water partition coefficient (Wildman–Crippen LogP) is 3.31. The van der Waals surface area contributed by atoms with Gasteiger partial charge < -0.3 is 10.5 Å². The molecule has 1 aromatic rings. The molecule has 2 aliphatic carbocycles. The molecule has 2 saturated carbocycles. The molecule has 2 N–H and O–H groups in total. The number of hydrogen-bond acceptors (Lipinski definition) is 3. The fourth-order valence-corrected chi connectivity index (χ4v) is 4.37. The van der Waals surface area contributed by atoms with Crippen LogP contribution in [0.5, 0.6) is 0 Å². The van der Waals surface area contributed by atoms with Crippen LogP contribution >= 0.6 is 0 Å². The second-order valence-corrected chi connectivity index (χ2v) is 7.25. The minimum Gasteiger partial charge on any atom is -0.368 e. The SMILES string of the molecule is CC1(C)C2CCC1(C)C(OC(CN)c1cccnc1)C2. The van der Waals surface area contributed by atoms with Gasteiger partial charge in [-0.15, -0.1) is 0 Å². The lowest BCUT2D eigenvalue weighted by Gasteiger charge is -2.40. The average molecular weight is 274 g/mol. The van der Waals surface area contributed by atoms with Gasteiger partial charge in [-0.25, -0.2) is 0 Å². The molecule has 4 unspecified atom stereocenters. The van der Waals surface area contributed by atoms with Crippen LogP contribution in [0.2, 0.25) is 0 Å². The molecule has 4 atom stereocenters. The molecule has 0 aromatic carbocycles. The number of aromatic nitrogens is 1. The van der Waals surface area contributed by atoms with Crippen LogP contribution in [0.1, 0.15) is 51.7 Å². The largest absolute Gasteiger partial charge is 0.368 e. The van der Waals surface area contributed by atoms with E-state index in [-0.39, 0.29) is 11.5 Å². The zero-order valence-corrected chi connectivity index (χ0v) is 12.8. The van der Waals surface area contributed by atoms with Crippen LogP contribution in [0.3, 0.4) is 0 Å². The lowest BCUT2D eigenvalue weighted by atomic mass is 9.70. The van der Waals surface area contributed by atoms with E-state index in [0.29, 0.717) is 18.1 Å². The Balaban J connectivity index is 1.79. The summed E-state index contributed by atoms with van der Waals surface area (Å²) < 4.78 is 6.45. The van der Waals surface area contributed by atoms with Crippen LogP contribution in [-0.4, -0.2) is 17.6 Å². The zero-order valence-electron chi connectivity index (χ0n) is 12.8. The molecular weight excluding hydrogens is 248 g/mol. The molecule has 0 aliphatic heterocycles. The highest BCUT2D eigenvalue weighted by Crippen LogP contribution is 2.66. The van der Waals surface area contributed by atoms with E-state index in [9.17, 15) is 0 Å². The highest BCUT2D eigenvalue weighted by Gasteiger charge is 2.62. The van der Waals surface area contributed by atoms with Crippen LogP contribution in [0.25, 0.3) is 0 Å². The van der Waals surface area contributed by atoms with Crippen molar-refractivity contribution in [1.29, 1.82) is 0 Å². The van der Waals surface area contributed by atoms with Gasteiger partial charge in [0, 0.05) is 24.5 Å². The van der Waals surface area contributed by atoms with Gasteiger partial charge in [0.1, 0.15) is 0 Å². The quantitative estimate of drug-likeness (QED) is 0.916. The van der Waals surface area contributed by atoms with Gasteiger partial charge in [0.05, 0.1) is 12.2 Å². The number of ether oxygens (including phenoxy) is 1. The normalized spacial score (nSPS) is 36.2. The second-order valence-electron chi connectivity index (χ2n) is 7.25. The minimum absolute atomic E-state index is 0.0272. The summed E-state index contributed by atoms with van der Waals surface area (Å²) in [6, 6.07) is 4.01. The van der Waals surface area contributed by atoms with Gasteiger partial charge in [-0.2, -0.15) is 0 Å². The van der Waals surface area contributed by atoms with E-state index >= 15 is 0 Å². The highest BCUT2D eigenvalue weighted by molar-refractivity contribution is 5.15. The van der Waals surface area contributed by atoms with Gasteiger partial charge >= 0.3 is 0 Å². The standard InChI is InChI=1S/C17H26N2O/c1-16(2)13-6-7-17(16,3)15(9-13)20-14(10-18)12-5-4-8-19-11-12/h4-5,8,11,13-15H,6-7,9-10,18H2,1-3H3. The molecule has 2 bridgehead atoms. The van der Waals surface area contributed by atoms with E-state index in [1.807, 2.05) is 12.3 Å². The van der Waals surface area contributed by atoms with Crippen LogP contribution < -0.4 is 5.73 Å². The van der Waals surface area contributed by atoms with E-state index in [1.165, 1.54) is 19.3 Å². The van der Waals surface area contributed by atoms with Crippen molar-refractivity contribution in [3.8, 4) is 0 Å². The fourth-order valence-electron chi connectivity index (χ4n) is 4.37. The van der Waals surface area contributed by atoms with Crippen molar-refractivity contribution in [2.75, 3.05) is 6.54 Å². The number of hydrogen-bond donors (Lipinski definition) is 1. The summed E-state index contributed by atoms with van der Waals surface area (Å²) in [5, 5.41) is 0. The van der Waals surface area contributed by atoms with E-state index in [1.54, 1.807) is 6.20 Å². The van der Waals surface area contributed by atoms with E-state index in [2.05, 4.69) is 31.8 Å². The third-order valence-electron chi connectivity index (χ3n) is 6.31. The van der Waals surface area contributed by atoms with Gasteiger partial charge in [0.2, 0.25) is 0 Å². The number of rotatable bonds is 4. The molecular formula is C17H26N2O. The van der Waals surface area contributed by atoms with Crippen molar-refractivity contribution in [2.24, 2.45) is 22.5 Å². The van der Waals surface area contributed by atoms with Gasteiger partial charge in [-0.1, -0.05) is 26.8 Å². The van der Waals surface area contributed by atoms with E-state index in [0.717, 1.165) is 11.5 Å². The van der Waals surface area contributed by atoms with Crippen LogP contribution in [0, 0.1) is 16.7 Å². The summed E-state index contributed by atoms with van der Waals surface area (Å²) >= 11 is 0. The average Bonchev–Trinajstić information content (AvgIpc) is 2.78. The molecule has 20 heavy (non-hydrogen) atoms. The first-order valence-electron chi connectivity index (χ1n) is 7.74. The number of fused-ring (bicyclic) bond motifs is 2. The summed E-state index contributed by atoms with van der Waals surface area (Å²) in [6.45, 7) is 7.75. The van der Waals surface area contributed by atoms with Crippen molar-refractivity contribution in [1.82, 2.24) is 4.98 Å². The van der Waals surface area contributed by atoms with Gasteiger partial charge in [0.15, 0.2) is 0 Å². The Hall–Kier alpha value is -0.930. The third kappa shape index (κ3) is 1.91. The first kappa shape index (κ1) is 14.0. The molecule has 2 fully saturated rings. The van der Waals surface area contributed by atoms with E-state index < -0.39 is 0 Å². The predicted molar refractivity (Wildman–Crippen MR) is 80.1 cm³/mol. The molecule has 3 rings (SSSR count). The van der Waals surface area contributed by atoms with Gasteiger partial charge in [0.25, 0.3) is 0 Å². The Morgan fingerprint density at radius 3 is 2.75 bits per heavy atom. The highest BCUT2D eigenvalue weighted by atomic mass is 16.5. The van der Waals surface area contributed by atoms with Crippen LogP contribution in [-0.2, 0) is 4.74 Å². The number of nitrogens with two attached hydrogens (primary N) is 1. The van der Waals surface area contributed by atoms with Crippen LogP contribution in [0.15, 0.2) is 24.5 Å². The fraction of sp³-hybridized carbons (Fsp3) is 0.706. The van der Waals surface area contributed by atoms with Gasteiger partial charge in [-0.3, -0.25) is 4.98 Å². The van der Waals surface area contributed by atoms with E-state index in [4.69, 9.17) is 10.5 Å². The smallest absolute Gasteiger partial charge is 0.0965 e. The van der Waals surface area contributed by atoms with Crippen molar-refractivity contribution >= 4 is 0 Å². The molecule has 1 heterocycles. The van der Waals surface area contributed by atoms with Gasteiger partial charge in [-0.05, 0) is 42.1 Å². The Morgan fingerprint density at radius 1 is 1.45 bits per heavy atom. The van der Waals surface area contributed by atoms with Crippen molar-refractivity contribution in [3.63, 3.8) is 0 Å². The first-order chi connectivity index (χ1) is 9.49. The Kier molecular flexibility index (Phi) is 3.38. The molecule has 0 amide bonds. The molecule has 3 heteroatoms. The summed E-state index contributed by atoms with van der Waals surface area (Å²) in [5.41, 5.74) is 7.70. The third-order valence-corrected chi connectivity index (χ3v) is 6.31. The Bertz CT molecular complexity index is 473. The number of nitrogens with zero attached hydrogens (tertiary/aromatic N) is 1. The molecule has 3 nitrogen and oxygen atoms in total. The maximum Gasteiger partial charge on any atom is 0.0965 e. The van der Waals surface area contributed by atoms with Crippen LogP contribution in [0.4, 0.5) is 0 Å². The Morgan fingerprint density at radius 2 is 2.25 bits per heavy atom. The molecule has 0 spiro atoms. The molecule has 110 valence electrons. The van der Waals surface area contributed by atoms with Crippen molar-refractivity contribution in [3.05, 3.63) is 30.1 Å². The topological polar surface area (TPSA) is 48.1 Å². The molecule has 1 aromatic heterocycles. The molecule has 0 radical (unpaired) electrons. The summed E-state index contributed by atoms with van der Waals surface area (Å²) in [6.07, 6.45) is 7.77. The van der Waals surface area contributed by atoms with Crippen molar-refractivity contribution < 1.29 is 4.74 Å². The van der Waals surface area contributed by atoms with Crippen molar-refractivity contribution in [2.45, 2.75) is 52.2 Å². The zero-order chi connectivity index (χ0) is 14.4. The number of pyridine rings is 1. The maximum atomic E-state index is 6.45. The summed E-state index contributed by atoms with van der Waals surface area (Å²) in [4.78, 5) is 4.19. The lowest BCUT2D eigenvalue weighted by Crippen LogP contribution is -2.38. The summed E-state index contributed by atoms with van der Waals surface area (Å²) in [7, 11) is 0. The first-order valence-corrected chi connectivity index (χ1v) is 7.74. The minimum atomic E-state index is -0.0272.